The Bertz CT molecular complexity index is 719. The molecule has 0 radical (unpaired) electrons. The van der Waals surface area contributed by atoms with Crippen molar-refractivity contribution in [2.45, 2.75) is 0 Å². The van der Waals surface area contributed by atoms with Crippen LogP contribution in [0.2, 0.25) is 0 Å². The molecule has 100 valence electrons. The zero-order valence-corrected chi connectivity index (χ0v) is 11.7. The molecule has 3 rings (SSSR count). The smallest absolute Gasteiger partial charge is 0.289 e. The van der Waals surface area contributed by atoms with Crippen molar-refractivity contribution < 1.29 is 13.6 Å². The third kappa shape index (κ3) is 2.66. The lowest BCUT2D eigenvalue weighted by Crippen LogP contribution is -2.15. The number of hydrogen-bond donors (Lipinski definition) is 1. The number of halogens is 1. The van der Waals surface area contributed by atoms with Crippen molar-refractivity contribution in [2.75, 3.05) is 0 Å². The topological polar surface area (TPSA) is 42.2 Å². The van der Waals surface area contributed by atoms with Gasteiger partial charge in [0.05, 0.1) is 4.91 Å². The maximum atomic E-state index is 12.9. The zero-order valence-electron chi connectivity index (χ0n) is 10.1. The van der Waals surface area contributed by atoms with E-state index in [1.54, 1.807) is 30.3 Å². The van der Waals surface area contributed by atoms with Gasteiger partial charge in [0.15, 0.2) is 0 Å². The van der Waals surface area contributed by atoms with E-state index < -0.39 is 0 Å². The normalized spacial score (nSPS) is 16.8. The van der Waals surface area contributed by atoms with Gasteiger partial charge in [-0.05, 0) is 54.2 Å². The first-order valence-electron chi connectivity index (χ1n) is 5.72. The molecule has 0 spiro atoms. The summed E-state index contributed by atoms with van der Waals surface area (Å²) in [5, 5.41) is 2.35. The van der Waals surface area contributed by atoms with Crippen molar-refractivity contribution in [3.05, 3.63) is 52.9 Å². The van der Waals surface area contributed by atoms with Crippen LogP contribution in [0.15, 0.2) is 45.7 Å². The molecule has 2 heterocycles. The predicted molar refractivity (Wildman–Crippen MR) is 80.8 cm³/mol. The predicted octanol–water partition coefficient (Wildman–Crippen LogP) is 4.21. The number of hydrogen-bond acceptors (Lipinski definition) is 4. The molecular weight excluding hydrogens is 297 g/mol. The lowest BCUT2D eigenvalue weighted by atomic mass is 10.2. The fraction of sp³-hybridized carbons (Fsp3) is 0. The average molecular weight is 305 g/mol. The number of amides is 1. The maximum Gasteiger partial charge on any atom is 0.289 e. The molecule has 6 heteroatoms. The van der Waals surface area contributed by atoms with E-state index in [1.165, 1.54) is 12.1 Å². The van der Waals surface area contributed by atoms with Crippen molar-refractivity contribution in [2.24, 2.45) is 0 Å². The van der Waals surface area contributed by atoms with Crippen molar-refractivity contribution >= 4 is 40.3 Å². The highest BCUT2D eigenvalue weighted by atomic mass is 32.2. The van der Waals surface area contributed by atoms with Crippen LogP contribution in [0.3, 0.4) is 0 Å². The molecule has 1 saturated heterocycles. The number of thiocarbonyl (C=S) groups is 1. The Hall–Kier alpha value is -1.92. The van der Waals surface area contributed by atoms with Gasteiger partial charge in [0, 0.05) is 5.56 Å². The van der Waals surface area contributed by atoms with Crippen LogP contribution in [-0.2, 0) is 0 Å². The minimum Gasteiger partial charge on any atom is -0.457 e. The summed E-state index contributed by atoms with van der Waals surface area (Å²) in [5.41, 5.74) is 0.784. The van der Waals surface area contributed by atoms with E-state index in [-0.39, 0.29) is 11.1 Å². The second-order valence-electron chi connectivity index (χ2n) is 4.06. The molecule has 20 heavy (non-hydrogen) atoms. The Labute approximate surface area is 123 Å². The Kier molecular flexibility index (Phi) is 3.42. The summed E-state index contributed by atoms with van der Waals surface area (Å²) >= 11 is 6.06. The number of nitrogens with one attached hydrogen (secondary N) is 1. The van der Waals surface area contributed by atoms with E-state index in [1.807, 2.05) is 0 Å². The number of carbonyl (C=O) groups excluding carboxylic acids is 1. The largest absolute Gasteiger partial charge is 0.457 e. The van der Waals surface area contributed by atoms with E-state index in [2.05, 4.69) is 5.32 Å². The van der Waals surface area contributed by atoms with Gasteiger partial charge in [0.25, 0.3) is 5.24 Å². The summed E-state index contributed by atoms with van der Waals surface area (Å²) in [6, 6.07) is 9.60. The minimum absolute atomic E-state index is 0.188. The number of rotatable bonds is 2. The molecule has 3 nitrogen and oxygen atoms in total. The maximum absolute atomic E-state index is 12.9. The summed E-state index contributed by atoms with van der Waals surface area (Å²) in [6.07, 6.45) is 1.71. The standard InChI is InChI=1S/C14H8FNO2S2/c15-9-3-1-8(2-4-9)11-6-5-10(18-11)7-12-13(19)16-14(17)20-12/h1-7H,(H,16,17,19)/b12-7+. The molecular formula is C14H8FNO2S2. The first kappa shape index (κ1) is 13.1. The number of carbonyl (C=O) groups is 1. The fourth-order valence-corrected chi connectivity index (χ4v) is 2.76. The molecule has 1 aliphatic heterocycles. The highest BCUT2D eigenvalue weighted by Crippen LogP contribution is 2.29. The SMILES string of the molecule is O=C1NC(=S)/C(=C\c2ccc(-c3ccc(F)cc3)o2)S1. The van der Waals surface area contributed by atoms with Crippen LogP contribution in [0.4, 0.5) is 9.18 Å². The first-order valence-corrected chi connectivity index (χ1v) is 6.95. The second kappa shape index (κ2) is 5.22. The summed E-state index contributed by atoms with van der Waals surface area (Å²) in [7, 11) is 0. The Balaban J connectivity index is 1.87. The number of thioether (sulfide) groups is 1. The quantitative estimate of drug-likeness (QED) is 0.666. The van der Waals surface area contributed by atoms with Crippen LogP contribution < -0.4 is 5.32 Å². The van der Waals surface area contributed by atoms with Crippen molar-refractivity contribution in [1.82, 2.24) is 5.32 Å². The number of furan rings is 1. The molecule has 0 bridgehead atoms. The molecule has 0 unspecified atom stereocenters. The van der Waals surface area contributed by atoms with Crippen molar-refractivity contribution in [3.63, 3.8) is 0 Å². The second-order valence-corrected chi connectivity index (χ2v) is 5.48. The lowest BCUT2D eigenvalue weighted by molar-refractivity contribution is 0.265. The van der Waals surface area contributed by atoms with Crippen LogP contribution in [0.1, 0.15) is 5.76 Å². The van der Waals surface area contributed by atoms with Gasteiger partial charge < -0.3 is 9.73 Å². The van der Waals surface area contributed by atoms with E-state index in [9.17, 15) is 9.18 Å². The molecule has 1 amide bonds. The molecule has 1 N–H and O–H groups in total. The van der Waals surface area contributed by atoms with Gasteiger partial charge in [-0.15, -0.1) is 0 Å². The van der Waals surface area contributed by atoms with E-state index in [0.29, 0.717) is 21.4 Å². The molecule has 1 fully saturated rings. The average Bonchev–Trinajstić information content (AvgIpc) is 2.98. The summed E-state index contributed by atoms with van der Waals surface area (Å²) in [6.45, 7) is 0. The van der Waals surface area contributed by atoms with Gasteiger partial charge in [0.1, 0.15) is 22.3 Å². The van der Waals surface area contributed by atoms with Crippen molar-refractivity contribution in [1.29, 1.82) is 0 Å². The van der Waals surface area contributed by atoms with Gasteiger partial charge in [-0.3, -0.25) is 4.79 Å². The molecule has 0 atom stereocenters. The van der Waals surface area contributed by atoms with Gasteiger partial charge in [-0.1, -0.05) is 12.2 Å². The van der Waals surface area contributed by atoms with E-state index in [0.717, 1.165) is 17.3 Å². The highest BCUT2D eigenvalue weighted by Gasteiger charge is 2.21. The summed E-state index contributed by atoms with van der Waals surface area (Å²) < 4.78 is 18.5. The minimum atomic E-state index is -0.292. The Morgan fingerprint density at radius 2 is 1.95 bits per heavy atom. The molecule has 0 saturated carbocycles. The summed E-state index contributed by atoms with van der Waals surface area (Å²) in [5.74, 6) is 0.927. The van der Waals surface area contributed by atoms with Gasteiger partial charge >= 0.3 is 0 Å². The van der Waals surface area contributed by atoms with Crippen LogP contribution in [-0.4, -0.2) is 10.2 Å². The van der Waals surface area contributed by atoms with Crippen LogP contribution in [0.25, 0.3) is 17.4 Å². The highest BCUT2D eigenvalue weighted by molar-refractivity contribution is 8.19. The van der Waals surface area contributed by atoms with E-state index >= 15 is 0 Å². The van der Waals surface area contributed by atoms with Crippen LogP contribution in [0, 0.1) is 5.82 Å². The van der Waals surface area contributed by atoms with Gasteiger partial charge in [-0.25, -0.2) is 4.39 Å². The van der Waals surface area contributed by atoms with Crippen LogP contribution in [0.5, 0.6) is 0 Å². The van der Waals surface area contributed by atoms with Gasteiger partial charge in [-0.2, -0.15) is 0 Å². The third-order valence-electron chi connectivity index (χ3n) is 2.67. The molecule has 2 aromatic rings. The zero-order chi connectivity index (χ0) is 14.1. The monoisotopic (exact) mass is 305 g/mol. The van der Waals surface area contributed by atoms with E-state index in [4.69, 9.17) is 16.6 Å². The third-order valence-corrected chi connectivity index (χ3v) is 3.95. The molecule has 1 aromatic heterocycles. The molecule has 1 aromatic carbocycles. The van der Waals surface area contributed by atoms with Crippen LogP contribution >= 0.6 is 24.0 Å². The summed E-state index contributed by atoms with van der Waals surface area (Å²) in [4.78, 5) is 12.2. The fourth-order valence-electron chi connectivity index (χ4n) is 1.75. The van der Waals surface area contributed by atoms with Gasteiger partial charge in [0.2, 0.25) is 0 Å². The lowest BCUT2D eigenvalue weighted by Gasteiger charge is -1.96. The first-order chi connectivity index (χ1) is 9.61. The number of benzene rings is 1. The van der Waals surface area contributed by atoms with Crippen molar-refractivity contribution in [3.8, 4) is 11.3 Å². The molecule has 1 aliphatic rings. The Morgan fingerprint density at radius 3 is 2.60 bits per heavy atom. The molecule has 0 aliphatic carbocycles. The Morgan fingerprint density at radius 1 is 1.20 bits per heavy atom.